The number of hydrogen-bond donors (Lipinski definition) is 0. The zero-order valence-corrected chi connectivity index (χ0v) is 11.0. The normalized spacial score (nSPS) is 20.4. The van der Waals surface area contributed by atoms with Crippen LogP contribution in [0.2, 0.25) is 0 Å². The van der Waals surface area contributed by atoms with Gasteiger partial charge >= 0.3 is 5.92 Å². The second-order valence-corrected chi connectivity index (χ2v) is 5.27. The van der Waals surface area contributed by atoms with Gasteiger partial charge in [0.15, 0.2) is 0 Å². The van der Waals surface area contributed by atoms with Crippen LogP contribution in [0, 0.1) is 5.92 Å². The maximum atomic E-state index is 13.4. The summed E-state index contributed by atoms with van der Waals surface area (Å²) < 4.78 is 26.7. The Morgan fingerprint density at radius 1 is 1.39 bits per heavy atom. The number of ketones is 2. The summed E-state index contributed by atoms with van der Waals surface area (Å²) in [7, 11) is 0. The third kappa shape index (κ3) is 4.83. The van der Waals surface area contributed by atoms with Crippen LogP contribution in [0.3, 0.4) is 0 Å². The van der Waals surface area contributed by atoms with E-state index in [1.54, 1.807) is 0 Å². The molecule has 1 fully saturated rings. The van der Waals surface area contributed by atoms with E-state index in [-0.39, 0.29) is 18.6 Å². The first-order chi connectivity index (χ1) is 8.45. The monoisotopic (exact) mass is 260 g/mol. The van der Waals surface area contributed by atoms with Crippen LogP contribution in [-0.2, 0) is 9.59 Å². The van der Waals surface area contributed by atoms with Crippen molar-refractivity contribution in [3.8, 4) is 0 Å². The van der Waals surface area contributed by atoms with E-state index in [1.165, 1.54) is 0 Å². The molecule has 1 aliphatic carbocycles. The summed E-state index contributed by atoms with van der Waals surface area (Å²) in [5, 5.41) is 0. The van der Waals surface area contributed by atoms with Crippen molar-refractivity contribution >= 4 is 11.6 Å². The molecule has 2 nitrogen and oxygen atoms in total. The molecule has 1 atom stereocenters. The molecule has 0 amide bonds. The molecule has 0 radical (unpaired) electrons. The first kappa shape index (κ1) is 15.3. The molecular weight excluding hydrogens is 238 g/mol. The molecule has 1 rings (SSSR count). The van der Waals surface area contributed by atoms with E-state index in [2.05, 4.69) is 0 Å². The zero-order valence-electron chi connectivity index (χ0n) is 11.0. The van der Waals surface area contributed by atoms with E-state index < -0.39 is 11.7 Å². The number of halogens is 2. The Kier molecular flexibility index (Phi) is 5.89. The van der Waals surface area contributed by atoms with Crippen molar-refractivity contribution in [3.63, 3.8) is 0 Å². The van der Waals surface area contributed by atoms with Crippen LogP contribution >= 0.6 is 0 Å². The molecule has 0 aromatic rings. The smallest absolute Gasteiger partial charge is 0.300 e. The van der Waals surface area contributed by atoms with Gasteiger partial charge in [-0.2, -0.15) is 8.78 Å². The molecule has 104 valence electrons. The average molecular weight is 260 g/mol. The minimum absolute atomic E-state index is 0.0542. The Hall–Kier alpha value is -0.800. The highest BCUT2D eigenvalue weighted by Gasteiger charge is 2.36. The fourth-order valence-corrected chi connectivity index (χ4v) is 2.41. The summed E-state index contributed by atoms with van der Waals surface area (Å²) >= 11 is 0. The minimum atomic E-state index is -3.15. The van der Waals surface area contributed by atoms with Gasteiger partial charge in [0.05, 0.1) is 0 Å². The van der Waals surface area contributed by atoms with E-state index in [0.29, 0.717) is 38.0 Å². The lowest BCUT2D eigenvalue weighted by molar-refractivity contribution is -0.144. The topological polar surface area (TPSA) is 34.1 Å². The standard InChI is InChI=1S/C14H22F2O2/c1-2-3-9-14(15,16)13(18)6-4-5-11-7-8-12(17)10-11/h11H,2-10H2,1H3/t11-/m0/s1. The molecule has 0 heterocycles. The summed E-state index contributed by atoms with van der Waals surface area (Å²) in [5.41, 5.74) is 0. The summed E-state index contributed by atoms with van der Waals surface area (Å²) in [6.45, 7) is 1.83. The predicted molar refractivity (Wildman–Crippen MR) is 65.7 cm³/mol. The second kappa shape index (κ2) is 6.95. The molecule has 0 aromatic carbocycles. The first-order valence-corrected chi connectivity index (χ1v) is 6.88. The van der Waals surface area contributed by atoms with Crippen LogP contribution in [0.4, 0.5) is 8.78 Å². The Morgan fingerprint density at radius 2 is 2.11 bits per heavy atom. The largest absolute Gasteiger partial charge is 0.305 e. The third-order valence-corrected chi connectivity index (χ3v) is 3.62. The van der Waals surface area contributed by atoms with Crippen LogP contribution < -0.4 is 0 Å². The van der Waals surface area contributed by atoms with E-state index in [4.69, 9.17) is 0 Å². The molecule has 0 aromatic heterocycles. The number of rotatable bonds is 8. The zero-order chi connectivity index (χ0) is 13.6. The first-order valence-electron chi connectivity index (χ1n) is 6.88. The average Bonchev–Trinajstić information content (AvgIpc) is 2.72. The molecular formula is C14H22F2O2. The third-order valence-electron chi connectivity index (χ3n) is 3.62. The highest BCUT2D eigenvalue weighted by molar-refractivity contribution is 5.85. The van der Waals surface area contributed by atoms with Gasteiger partial charge in [0.1, 0.15) is 5.78 Å². The fraction of sp³-hybridized carbons (Fsp3) is 0.857. The van der Waals surface area contributed by atoms with Crippen molar-refractivity contribution in [2.24, 2.45) is 5.92 Å². The molecule has 0 aliphatic heterocycles. The lowest BCUT2D eigenvalue weighted by atomic mass is 9.97. The molecule has 0 saturated heterocycles. The minimum Gasteiger partial charge on any atom is -0.300 e. The Labute approximate surface area is 107 Å². The maximum Gasteiger partial charge on any atom is 0.305 e. The maximum absolute atomic E-state index is 13.4. The fourth-order valence-electron chi connectivity index (χ4n) is 2.41. The Balaban J connectivity index is 2.21. The molecule has 0 unspecified atom stereocenters. The van der Waals surface area contributed by atoms with Crippen molar-refractivity contribution in [3.05, 3.63) is 0 Å². The van der Waals surface area contributed by atoms with Crippen molar-refractivity contribution in [2.75, 3.05) is 0 Å². The quantitative estimate of drug-likeness (QED) is 0.663. The van der Waals surface area contributed by atoms with Gasteiger partial charge in [-0.15, -0.1) is 0 Å². The van der Waals surface area contributed by atoms with Crippen LogP contribution in [0.1, 0.15) is 64.7 Å². The van der Waals surface area contributed by atoms with Gasteiger partial charge < -0.3 is 0 Å². The van der Waals surface area contributed by atoms with Crippen molar-refractivity contribution in [1.29, 1.82) is 0 Å². The number of unbranched alkanes of at least 4 members (excludes halogenated alkanes) is 1. The highest BCUT2D eigenvalue weighted by Crippen LogP contribution is 2.29. The number of carbonyl (C=O) groups excluding carboxylic acids is 2. The summed E-state index contributed by atoms with van der Waals surface area (Å²) in [5.74, 6) is -3.50. The molecule has 4 heteroatoms. The summed E-state index contributed by atoms with van der Waals surface area (Å²) in [6.07, 6.45) is 3.93. The number of hydrogen-bond acceptors (Lipinski definition) is 2. The summed E-state index contributed by atoms with van der Waals surface area (Å²) in [6, 6.07) is 0. The van der Waals surface area contributed by atoms with Crippen molar-refractivity contribution in [1.82, 2.24) is 0 Å². The highest BCUT2D eigenvalue weighted by atomic mass is 19.3. The van der Waals surface area contributed by atoms with Gasteiger partial charge in [-0.25, -0.2) is 0 Å². The van der Waals surface area contributed by atoms with E-state index in [1.807, 2.05) is 6.92 Å². The van der Waals surface area contributed by atoms with Crippen LogP contribution in [0.25, 0.3) is 0 Å². The van der Waals surface area contributed by atoms with Crippen LogP contribution in [0.15, 0.2) is 0 Å². The lowest BCUT2D eigenvalue weighted by Gasteiger charge is -2.15. The van der Waals surface area contributed by atoms with Gasteiger partial charge in [0, 0.05) is 25.7 Å². The van der Waals surface area contributed by atoms with Crippen LogP contribution in [-0.4, -0.2) is 17.5 Å². The Bertz CT molecular complexity index is 300. The van der Waals surface area contributed by atoms with E-state index in [9.17, 15) is 18.4 Å². The predicted octanol–water partition coefficient (Wildman–Crippen LogP) is 3.92. The van der Waals surface area contributed by atoms with Gasteiger partial charge in [0.25, 0.3) is 0 Å². The number of alkyl halides is 2. The van der Waals surface area contributed by atoms with Gasteiger partial charge in [0.2, 0.25) is 5.78 Å². The van der Waals surface area contributed by atoms with Gasteiger partial charge in [-0.05, 0) is 31.6 Å². The Morgan fingerprint density at radius 3 is 2.67 bits per heavy atom. The number of carbonyl (C=O) groups is 2. The molecule has 1 saturated carbocycles. The van der Waals surface area contributed by atoms with E-state index >= 15 is 0 Å². The van der Waals surface area contributed by atoms with Crippen LogP contribution in [0.5, 0.6) is 0 Å². The number of Topliss-reactive ketones (excluding diaryl/α,β-unsaturated/α-hetero) is 2. The SMILES string of the molecule is CCCCC(F)(F)C(=O)CCC[C@H]1CCC(=O)C1. The molecule has 1 aliphatic rings. The molecule has 0 N–H and O–H groups in total. The lowest BCUT2D eigenvalue weighted by Crippen LogP contribution is -2.28. The molecule has 0 spiro atoms. The van der Waals surface area contributed by atoms with Crippen molar-refractivity contribution < 1.29 is 18.4 Å². The molecule has 18 heavy (non-hydrogen) atoms. The second-order valence-electron chi connectivity index (χ2n) is 5.27. The van der Waals surface area contributed by atoms with Gasteiger partial charge in [-0.3, -0.25) is 9.59 Å². The molecule has 0 bridgehead atoms. The van der Waals surface area contributed by atoms with Crippen molar-refractivity contribution in [2.45, 2.75) is 70.6 Å². The summed E-state index contributed by atoms with van der Waals surface area (Å²) in [4.78, 5) is 22.4. The van der Waals surface area contributed by atoms with Gasteiger partial charge in [-0.1, -0.05) is 13.3 Å². The van der Waals surface area contributed by atoms with E-state index in [0.717, 1.165) is 12.8 Å².